The van der Waals surface area contributed by atoms with E-state index in [2.05, 4.69) is 10.5 Å². The van der Waals surface area contributed by atoms with Crippen LogP contribution >= 0.6 is 0 Å². The highest BCUT2D eigenvalue weighted by Gasteiger charge is 2.19. The molecule has 2 aromatic heterocycles. The van der Waals surface area contributed by atoms with E-state index >= 15 is 0 Å². The number of pyridine rings is 1. The first-order valence-corrected chi connectivity index (χ1v) is 7.94. The molecule has 0 aliphatic heterocycles. The maximum atomic E-state index is 12.8. The Morgan fingerprint density at radius 1 is 1.27 bits per heavy atom. The molecule has 8 heteroatoms. The number of hydrogen-bond donors (Lipinski definition) is 1. The quantitative estimate of drug-likeness (QED) is 0.766. The van der Waals surface area contributed by atoms with Crippen LogP contribution in [0.25, 0.3) is 10.9 Å². The Morgan fingerprint density at radius 2 is 2.00 bits per heavy atom. The zero-order valence-corrected chi connectivity index (χ0v) is 14.6. The van der Waals surface area contributed by atoms with Gasteiger partial charge in [0.1, 0.15) is 5.76 Å². The summed E-state index contributed by atoms with van der Waals surface area (Å²) in [6.45, 7) is 1.52. The fourth-order valence-corrected chi connectivity index (χ4v) is 2.69. The van der Waals surface area contributed by atoms with Crippen LogP contribution in [0.2, 0.25) is 0 Å². The van der Waals surface area contributed by atoms with E-state index in [4.69, 9.17) is 4.52 Å². The number of carbonyl (C=O) groups excluding carboxylic acids is 2. The van der Waals surface area contributed by atoms with Gasteiger partial charge in [0, 0.05) is 31.6 Å². The molecule has 3 rings (SSSR count). The van der Waals surface area contributed by atoms with Gasteiger partial charge >= 0.3 is 0 Å². The molecule has 0 saturated heterocycles. The molecule has 0 fully saturated rings. The predicted octanol–water partition coefficient (Wildman–Crippen LogP) is 1.55. The van der Waals surface area contributed by atoms with Crippen molar-refractivity contribution in [3.63, 3.8) is 0 Å². The summed E-state index contributed by atoms with van der Waals surface area (Å²) in [4.78, 5) is 38.3. The Kier molecular flexibility index (Phi) is 4.57. The molecule has 0 spiro atoms. The molecule has 2 amide bonds. The van der Waals surface area contributed by atoms with Gasteiger partial charge in [0.2, 0.25) is 5.91 Å². The van der Waals surface area contributed by atoms with Gasteiger partial charge < -0.3 is 19.3 Å². The number of aryl methyl sites for hydroxylation is 2. The molecule has 0 atom stereocenters. The monoisotopic (exact) mass is 354 g/mol. The van der Waals surface area contributed by atoms with Crippen LogP contribution in [0, 0.1) is 6.92 Å². The lowest BCUT2D eigenvalue weighted by molar-refractivity contribution is -0.116. The lowest BCUT2D eigenvalue weighted by Crippen LogP contribution is -2.35. The number of fused-ring (bicyclic) bond motifs is 1. The zero-order valence-electron chi connectivity index (χ0n) is 14.6. The van der Waals surface area contributed by atoms with Crippen LogP contribution in [0.5, 0.6) is 0 Å². The number of nitrogens with zero attached hydrogens (tertiary/aromatic N) is 3. The number of amides is 2. The van der Waals surface area contributed by atoms with E-state index in [9.17, 15) is 14.4 Å². The van der Waals surface area contributed by atoms with Gasteiger partial charge in [0.25, 0.3) is 11.5 Å². The van der Waals surface area contributed by atoms with E-state index in [1.165, 1.54) is 22.6 Å². The average molecular weight is 354 g/mol. The highest BCUT2D eigenvalue weighted by atomic mass is 16.5. The summed E-state index contributed by atoms with van der Waals surface area (Å²) in [6, 6.07) is 10.0. The van der Waals surface area contributed by atoms with Crippen LogP contribution in [0.15, 0.2) is 45.7 Å². The number of benzene rings is 1. The Bertz CT molecular complexity index is 1050. The number of hydrogen-bond acceptors (Lipinski definition) is 5. The SMILES string of the molecule is Cc1cc(NC(=O)CN(C)C(=O)c2cc(=O)n(C)c3ccccc23)no1. The van der Waals surface area contributed by atoms with Crippen LogP contribution in [-0.4, -0.2) is 40.0 Å². The van der Waals surface area contributed by atoms with Gasteiger partial charge in [-0.05, 0) is 13.0 Å². The second-order valence-electron chi connectivity index (χ2n) is 6.00. The van der Waals surface area contributed by atoms with Crippen molar-refractivity contribution in [1.82, 2.24) is 14.6 Å². The van der Waals surface area contributed by atoms with Crippen LogP contribution in [0.3, 0.4) is 0 Å². The van der Waals surface area contributed by atoms with Crippen LogP contribution in [-0.2, 0) is 11.8 Å². The number of nitrogens with one attached hydrogen (secondary N) is 1. The second kappa shape index (κ2) is 6.83. The first kappa shape index (κ1) is 17.4. The van der Waals surface area contributed by atoms with Crippen LogP contribution < -0.4 is 10.9 Å². The van der Waals surface area contributed by atoms with Crippen molar-refractivity contribution in [3.8, 4) is 0 Å². The predicted molar refractivity (Wildman–Crippen MR) is 96.0 cm³/mol. The third kappa shape index (κ3) is 3.34. The molecular formula is C18H18N4O4. The van der Waals surface area contributed by atoms with Crippen molar-refractivity contribution in [3.05, 3.63) is 58.1 Å². The summed E-state index contributed by atoms with van der Waals surface area (Å²) in [6.07, 6.45) is 0. The lowest BCUT2D eigenvalue weighted by Gasteiger charge is -2.18. The van der Waals surface area contributed by atoms with Gasteiger partial charge in [-0.15, -0.1) is 0 Å². The molecule has 0 bridgehead atoms. The lowest BCUT2D eigenvalue weighted by atomic mass is 10.1. The summed E-state index contributed by atoms with van der Waals surface area (Å²) in [5.74, 6) is 0.0244. The van der Waals surface area contributed by atoms with Gasteiger partial charge in [0.05, 0.1) is 17.6 Å². The van der Waals surface area contributed by atoms with Gasteiger partial charge in [-0.1, -0.05) is 23.4 Å². The molecule has 0 aliphatic carbocycles. The standard InChI is InChI=1S/C18H18N4O4/c1-11-8-15(20-26-11)19-16(23)10-21(2)18(25)13-9-17(24)22(3)14-7-5-4-6-12(13)14/h4-9H,10H2,1-3H3,(H,19,20,23). The van der Waals surface area contributed by atoms with Gasteiger partial charge in [-0.25, -0.2) is 0 Å². The third-order valence-electron chi connectivity index (χ3n) is 4.01. The maximum Gasteiger partial charge on any atom is 0.254 e. The fourth-order valence-electron chi connectivity index (χ4n) is 2.69. The van der Waals surface area contributed by atoms with Crippen molar-refractivity contribution in [2.24, 2.45) is 7.05 Å². The summed E-state index contributed by atoms with van der Waals surface area (Å²) >= 11 is 0. The van der Waals surface area contributed by atoms with Gasteiger partial charge in [0.15, 0.2) is 5.82 Å². The molecule has 1 N–H and O–H groups in total. The van der Waals surface area contributed by atoms with E-state index in [-0.39, 0.29) is 23.5 Å². The smallest absolute Gasteiger partial charge is 0.254 e. The topological polar surface area (TPSA) is 97.4 Å². The van der Waals surface area contributed by atoms with E-state index < -0.39 is 11.8 Å². The molecule has 0 unspecified atom stereocenters. The van der Waals surface area contributed by atoms with Crippen molar-refractivity contribution in [2.45, 2.75) is 6.92 Å². The Labute approximate surface area is 149 Å². The van der Waals surface area contributed by atoms with E-state index in [1.54, 1.807) is 44.3 Å². The van der Waals surface area contributed by atoms with Crippen molar-refractivity contribution in [2.75, 3.05) is 18.9 Å². The fraction of sp³-hybridized carbons (Fsp3) is 0.222. The van der Waals surface area contributed by atoms with E-state index in [1.807, 2.05) is 0 Å². The molecule has 0 aliphatic rings. The first-order valence-electron chi connectivity index (χ1n) is 7.94. The Hall–Kier alpha value is -3.42. The molecular weight excluding hydrogens is 336 g/mol. The molecule has 2 heterocycles. The molecule has 26 heavy (non-hydrogen) atoms. The summed E-state index contributed by atoms with van der Waals surface area (Å²) in [7, 11) is 3.15. The Morgan fingerprint density at radius 3 is 2.69 bits per heavy atom. The molecule has 0 radical (unpaired) electrons. The summed E-state index contributed by atoms with van der Waals surface area (Å²) < 4.78 is 6.36. The number of anilines is 1. The minimum Gasteiger partial charge on any atom is -0.360 e. The molecule has 134 valence electrons. The molecule has 8 nitrogen and oxygen atoms in total. The number of likely N-dealkylation sites (N-methyl/N-ethyl adjacent to an activating group) is 1. The number of aromatic nitrogens is 2. The van der Waals surface area contributed by atoms with Gasteiger partial charge in [-0.2, -0.15) is 0 Å². The minimum atomic E-state index is -0.415. The van der Waals surface area contributed by atoms with Crippen LogP contribution in [0.1, 0.15) is 16.1 Å². The number of carbonyl (C=O) groups is 2. The molecule has 1 aromatic carbocycles. The number of rotatable bonds is 4. The molecule has 3 aromatic rings. The highest BCUT2D eigenvalue weighted by molar-refractivity contribution is 6.07. The number of para-hydroxylation sites is 1. The van der Waals surface area contributed by atoms with Gasteiger partial charge in [-0.3, -0.25) is 14.4 Å². The van der Waals surface area contributed by atoms with Crippen molar-refractivity contribution in [1.29, 1.82) is 0 Å². The van der Waals surface area contributed by atoms with Crippen molar-refractivity contribution < 1.29 is 14.1 Å². The zero-order chi connectivity index (χ0) is 18.8. The third-order valence-corrected chi connectivity index (χ3v) is 4.01. The van der Waals surface area contributed by atoms with Crippen molar-refractivity contribution >= 4 is 28.5 Å². The summed E-state index contributed by atoms with van der Waals surface area (Å²) in [5.41, 5.74) is 0.624. The second-order valence-corrected chi connectivity index (χ2v) is 6.00. The highest BCUT2D eigenvalue weighted by Crippen LogP contribution is 2.17. The first-order chi connectivity index (χ1) is 12.4. The van der Waals surface area contributed by atoms with E-state index in [0.717, 1.165) is 0 Å². The van der Waals surface area contributed by atoms with Crippen LogP contribution in [0.4, 0.5) is 5.82 Å². The summed E-state index contributed by atoms with van der Waals surface area (Å²) in [5, 5.41) is 6.88. The average Bonchev–Trinajstić information content (AvgIpc) is 3.02. The van der Waals surface area contributed by atoms with E-state index in [0.29, 0.717) is 16.7 Å². The largest absolute Gasteiger partial charge is 0.360 e. The Balaban J connectivity index is 1.83. The maximum absolute atomic E-state index is 12.8. The minimum absolute atomic E-state index is 0.186. The molecule has 0 saturated carbocycles. The normalized spacial score (nSPS) is 10.7.